The van der Waals surface area contributed by atoms with Crippen molar-refractivity contribution in [2.75, 3.05) is 0 Å². The SMILES string of the molecule is C[C@@H]1CCCC=C1c1c(Cl)cnc2[nH]ccc12. The normalized spacial score (nSPS) is 20.6. The zero-order valence-electron chi connectivity index (χ0n) is 9.83. The van der Waals surface area contributed by atoms with Crippen molar-refractivity contribution in [3.8, 4) is 0 Å². The number of hydrogen-bond donors (Lipinski definition) is 1. The molecular weight excluding hydrogens is 232 g/mol. The maximum Gasteiger partial charge on any atom is 0.137 e. The van der Waals surface area contributed by atoms with Gasteiger partial charge in [0.15, 0.2) is 0 Å². The Morgan fingerprint density at radius 1 is 1.47 bits per heavy atom. The van der Waals surface area contributed by atoms with Crippen LogP contribution >= 0.6 is 11.6 Å². The zero-order valence-corrected chi connectivity index (χ0v) is 10.6. The second-order valence-corrected chi connectivity index (χ2v) is 5.12. The predicted octanol–water partition coefficient (Wildman–Crippen LogP) is 4.42. The second kappa shape index (κ2) is 4.19. The summed E-state index contributed by atoms with van der Waals surface area (Å²) in [5.41, 5.74) is 3.47. The molecule has 0 saturated carbocycles. The molecular formula is C14H15ClN2. The van der Waals surface area contributed by atoms with E-state index in [0.717, 1.165) is 22.5 Å². The number of halogens is 1. The molecule has 0 aliphatic heterocycles. The molecule has 2 aromatic rings. The van der Waals surface area contributed by atoms with Gasteiger partial charge >= 0.3 is 0 Å². The fourth-order valence-electron chi connectivity index (χ4n) is 2.66. The summed E-state index contributed by atoms with van der Waals surface area (Å²) in [5, 5.41) is 1.90. The Bertz CT molecular complexity index is 583. The monoisotopic (exact) mass is 246 g/mol. The third-order valence-corrected chi connectivity index (χ3v) is 3.85. The number of allylic oxidation sites excluding steroid dienone is 2. The van der Waals surface area contributed by atoms with Crippen LogP contribution in [0, 0.1) is 5.92 Å². The minimum Gasteiger partial charge on any atom is -0.346 e. The minimum absolute atomic E-state index is 0.585. The highest BCUT2D eigenvalue weighted by Crippen LogP contribution is 2.38. The van der Waals surface area contributed by atoms with E-state index in [4.69, 9.17) is 11.6 Å². The summed E-state index contributed by atoms with van der Waals surface area (Å²) in [6, 6.07) is 2.06. The third-order valence-electron chi connectivity index (χ3n) is 3.57. The summed E-state index contributed by atoms with van der Waals surface area (Å²) in [6.07, 6.45) is 9.69. The first-order chi connectivity index (χ1) is 8.27. The molecule has 2 heterocycles. The third kappa shape index (κ3) is 1.77. The van der Waals surface area contributed by atoms with Crippen LogP contribution in [-0.2, 0) is 0 Å². The van der Waals surface area contributed by atoms with Crippen LogP contribution in [-0.4, -0.2) is 9.97 Å². The second-order valence-electron chi connectivity index (χ2n) is 4.71. The predicted molar refractivity (Wildman–Crippen MR) is 72.1 cm³/mol. The van der Waals surface area contributed by atoms with Gasteiger partial charge in [-0.2, -0.15) is 0 Å². The van der Waals surface area contributed by atoms with Gasteiger partial charge in [-0.25, -0.2) is 4.98 Å². The molecule has 0 spiro atoms. The Hall–Kier alpha value is -1.28. The van der Waals surface area contributed by atoms with Crippen molar-refractivity contribution in [1.82, 2.24) is 9.97 Å². The number of pyridine rings is 1. The maximum absolute atomic E-state index is 6.34. The van der Waals surface area contributed by atoms with E-state index in [-0.39, 0.29) is 0 Å². The van der Waals surface area contributed by atoms with Gasteiger partial charge in [0, 0.05) is 23.3 Å². The molecule has 17 heavy (non-hydrogen) atoms. The number of nitrogens with zero attached hydrogens (tertiary/aromatic N) is 1. The summed E-state index contributed by atoms with van der Waals surface area (Å²) in [5.74, 6) is 0.585. The van der Waals surface area contributed by atoms with Gasteiger partial charge in [0.05, 0.1) is 5.02 Å². The molecule has 1 atom stereocenters. The average molecular weight is 247 g/mol. The molecule has 0 radical (unpaired) electrons. The summed E-state index contributed by atoms with van der Waals surface area (Å²) < 4.78 is 0. The van der Waals surface area contributed by atoms with Crippen molar-refractivity contribution in [1.29, 1.82) is 0 Å². The summed E-state index contributed by atoms with van der Waals surface area (Å²) >= 11 is 6.34. The van der Waals surface area contributed by atoms with E-state index < -0.39 is 0 Å². The van der Waals surface area contributed by atoms with Crippen molar-refractivity contribution >= 4 is 28.2 Å². The molecule has 3 rings (SSSR count). The molecule has 0 aromatic carbocycles. The van der Waals surface area contributed by atoms with Gasteiger partial charge in [-0.05, 0) is 36.8 Å². The van der Waals surface area contributed by atoms with E-state index in [9.17, 15) is 0 Å². The number of aromatic amines is 1. The number of hydrogen-bond acceptors (Lipinski definition) is 1. The van der Waals surface area contributed by atoms with Crippen LogP contribution in [0.25, 0.3) is 16.6 Å². The Balaban J connectivity index is 2.25. The highest BCUT2D eigenvalue weighted by Gasteiger charge is 2.19. The van der Waals surface area contributed by atoms with Gasteiger partial charge in [-0.1, -0.05) is 24.6 Å². The molecule has 0 fully saturated rings. The fourth-order valence-corrected chi connectivity index (χ4v) is 2.92. The minimum atomic E-state index is 0.585. The molecule has 1 aliphatic carbocycles. The van der Waals surface area contributed by atoms with Crippen molar-refractivity contribution in [2.45, 2.75) is 26.2 Å². The Kier molecular flexibility index (Phi) is 2.67. The highest BCUT2D eigenvalue weighted by atomic mass is 35.5. The first-order valence-corrected chi connectivity index (χ1v) is 6.47. The number of fused-ring (bicyclic) bond motifs is 1. The van der Waals surface area contributed by atoms with Crippen LogP contribution in [0.15, 0.2) is 24.5 Å². The van der Waals surface area contributed by atoms with Crippen molar-refractivity contribution in [3.05, 3.63) is 35.1 Å². The lowest BCUT2D eigenvalue weighted by atomic mass is 9.84. The van der Waals surface area contributed by atoms with Crippen molar-refractivity contribution in [3.63, 3.8) is 0 Å². The lowest BCUT2D eigenvalue weighted by Gasteiger charge is -2.22. The molecule has 88 valence electrons. The molecule has 0 bridgehead atoms. The van der Waals surface area contributed by atoms with Crippen LogP contribution < -0.4 is 0 Å². The lowest BCUT2D eigenvalue weighted by Crippen LogP contribution is -2.04. The molecule has 0 amide bonds. The maximum atomic E-state index is 6.34. The van der Waals surface area contributed by atoms with E-state index >= 15 is 0 Å². The highest BCUT2D eigenvalue weighted by molar-refractivity contribution is 6.33. The first kappa shape index (κ1) is 10.8. The average Bonchev–Trinajstić information content (AvgIpc) is 2.79. The summed E-state index contributed by atoms with van der Waals surface area (Å²) in [4.78, 5) is 7.45. The van der Waals surface area contributed by atoms with Gasteiger partial charge in [-0.15, -0.1) is 0 Å². The Morgan fingerprint density at radius 2 is 2.35 bits per heavy atom. The molecule has 0 saturated heterocycles. The fraction of sp³-hybridized carbons (Fsp3) is 0.357. The first-order valence-electron chi connectivity index (χ1n) is 6.09. The van der Waals surface area contributed by atoms with Gasteiger partial charge in [0.25, 0.3) is 0 Å². The van der Waals surface area contributed by atoms with Crippen LogP contribution in [0.3, 0.4) is 0 Å². The molecule has 1 aliphatic rings. The number of rotatable bonds is 1. The number of aromatic nitrogens is 2. The topological polar surface area (TPSA) is 28.7 Å². The zero-order chi connectivity index (χ0) is 11.8. The molecule has 2 aromatic heterocycles. The van der Waals surface area contributed by atoms with E-state index in [0.29, 0.717) is 5.92 Å². The number of nitrogens with one attached hydrogen (secondary N) is 1. The van der Waals surface area contributed by atoms with Gasteiger partial charge in [-0.3, -0.25) is 0 Å². The van der Waals surface area contributed by atoms with Gasteiger partial charge in [0.1, 0.15) is 5.65 Å². The van der Waals surface area contributed by atoms with E-state index in [1.54, 1.807) is 6.20 Å². The van der Waals surface area contributed by atoms with E-state index in [1.807, 2.05) is 6.20 Å². The quantitative estimate of drug-likeness (QED) is 0.793. The smallest absolute Gasteiger partial charge is 0.137 e. The van der Waals surface area contributed by atoms with E-state index in [2.05, 4.69) is 29.0 Å². The van der Waals surface area contributed by atoms with Gasteiger partial charge < -0.3 is 4.98 Å². The van der Waals surface area contributed by atoms with E-state index in [1.165, 1.54) is 24.0 Å². The molecule has 2 nitrogen and oxygen atoms in total. The van der Waals surface area contributed by atoms with Gasteiger partial charge in [0.2, 0.25) is 0 Å². The molecule has 3 heteroatoms. The van der Waals surface area contributed by atoms with Crippen molar-refractivity contribution < 1.29 is 0 Å². The summed E-state index contributed by atoms with van der Waals surface area (Å²) in [7, 11) is 0. The lowest BCUT2D eigenvalue weighted by molar-refractivity contribution is 0.602. The van der Waals surface area contributed by atoms with Crippen molar-refractivity contribution in [2.24, 2.45) is 5.92 Å². The Labute approximate surface area is 106 Å². The largest absolute Gasteiger partial charge is 0.346 e. The van der Waals surface area contributed by atoms with Crippen LogP contribution in [0.2, 0.25) is 5.02 Å². The standard InChI is InChI=1S/C14H15ClN2/c1-9-4-2-3-5-10(9)13-11-6-7-16-14(11)17-8-12(13)15/h5-9H,2-4H2,1H3,(H,16,17)/t9-/m1/s1. The van der Waals surface area contributed by atoms with Crippen LogP contribution in [0.4, 0.5) is 0 Å². The Morgan fingerprint density at radius 3 is 3.18 bits per heavy atom. The molecule has 0 unspecified atom stereocenters. The van der Waals surface area contributed by atoms with Crippen LogP contribution in [0.1, 0.15) is 31.7 Å². The molecule has 1 N–H and O–H groups in total. The van der Waals surface area contributed by atoms with Crippen LogP contribution in [0.5, 0.6) is 0 Å². The number of H-pyrrole nitrogens is 1. The summed E-state index contributed by atoms with van der Waals surface area (Å²) in [6.45, 7) is 2.28.